The zero-order valence-corrected chi connectivity index (χ0v) is 8.26. The van der Waals surface area contributed by atoms with Gasteiger partial charge in [-0.05, 0) is 13.0 Å². The minimum Gasteiger partial charge on any atom is -0.232 e. The van der Waals surface area contributed by atoms with Crippen molar-refractivity contribution in [3.8, 4) is 0 Å². The summed E-state index contributed by atoms with van der Waals surface area (Å²) in [7, 11) is 0. The van der Waals surface area contributed by atoms with Gasteiger partial charge in [0.2, 0.25) is 0 Å². The van der Waals surface area contributed by atoms with Gasteiger partial charge >= 0.3 is 6.18 Å². The molecule has 80 valence electrons. The molecule has 0 amide bonds. The molecule has 0 atom stereocenters. The van der Waals surface area contributed by atoms with Crippen LogP contribution in [0.3, 0.4) is 0 Å². The summed E-state index contributed by atoms with van der Waals surface area (Å²) in [5, 5.41) is 3.63. The second kappa shape index (κ2) is 3.10. The van der Waals surface area contributed by atoms with E-state index in [1.54, 1.807) is 0 Å². The first-order chi connectivity index (χ1) is 6.89. The van der Waals surface area contributed by atoms with Crippen LogP contribution in [-0.4, -0.2) is 14.6 Å². The number of fused-ring (bicyclic) bond motifs is 1. The van der Waals surface area contributed by atoms with Gasteiger partial charge in [-0.2, -0.15) is 18.3 Å². The van der Waals surface area contributed by atoms with E-state index >= 15 is 0 Å². The lowest BCUT2D eigenvalue weighted by Gasteiger charge is -2.09. The van der Waals surface area contributed by atoms with Gasteiger partial charge in [0.15, 0.2) is 5.65 Å². The first-order valence-electron chi connectivity index (χ1n) is 3.97. The van der Waals surface area contributed by atoms with Crippen molar-refractivity contribution in [3.63, 3.8) is 0 Å². The fourth-order valence-corrected chi connectivity index (χ4v) is 1.43. The highest BCUT2D eigenvalue weighted by Crippen LogP contribution is 2.30. The Morgan fingerprint density at radius 3 is 2.67 bits per heavy atom. The van der Waals surface area contributed by atoms with E-state index in [-0.39, 0.29) is 16.4 Å². The molecular weight excluding hydrogens is 231 g/mol. The molecule has 0 N–H and O–H groups in total. The Morgan fingerprint density at radius 2 is 2.07 bits per heavy atom. The molecule has 2 aromatic rings. The summed E-state index contributed by atoms with van der Waals surface area (Å²) in [4.78, 5) is 3.88. The predicted octanol–water partition coefficient (Wildman–Crippen LogP) is 2.71. The van der Waals surface area contributed by atoms with Crippen molar-refractivity contribution in [2.75, 3.05) is 0 Å². The molecule has 0 aromatic carbocycles. The van der Waals surface area contributed by atoms with E-state index in [0.717, 1.165) is 12.3 Å². The van der Waals surface area contributed by atoms with Gasteiger partial charge in [0.05, 0.1) is 6.20 Å². The molecule has 0 aliphatic rings. The molecule has 0 radical (unpaired) electrons. The Hall–Kier alpha value is -1.30. The third-order valence-electron chi connectivity index (χ3n) is 1.85. The monoisotopic (exact) mass is 235 g/mol. The van der Waals surface area contributed by atoms with Crippen LogP contribution in [0.1, 0.15) is 11.4 Å². The Morgan fingerprint density at radius 1 is 1.40 bits per heavy atom. The molecule has 0 bridgehead atoms. The zero-order chi connectivity index (χ0) is 11.2. The molecular formula is C8H5ClF3N3. The molecule has 2 heterocycles. The minimum absolute atomic E-state index is 0.0176. The highest BCUT2D eigenvalue weighted by atomic mass is 35.5. The van der Waals surface area contributed by atoms with Gasteiger partial charge in [-0.3, -0.25) is 0 Å². The van der Waals surface area contributed by atoms with E-state index in [0.29, 0.717) is 4.52 Å². The molecule has 0 spiro atoms. The van der Waals surface area contributed by atoms with Gasteiger partial charge in [0.1, 0.15) is 10.7 Å². The summed E-state index contributed by atoms with van der Waals surface area (Å²) in [6.45, 7) is 1.47. The lowest BCUT2D eigenvalue weighted by molar-refractivity contribution is -0.142. The normalized spacial score (nSPS) is 12.3. The SMILES string of the molecule is Cc1cc(C(F)(F)F)n2ncc(Cl)c2n1. The van der Waals surface area contributed by atoms with E-state index in [2.05, 4.69) is 10.1 Å². The summed E-state index contributed by atoms with van der Waals surface area (Å²) in [6.07, 6.45) is -3.33. The van der Waals surface area contributed by atoms with Crippen LogP contribution in [0.15, 0.2) is 12.3 Å². The molecule has 0 aliphatic carbocycles. The number of nitrogens with zero attached hydrogens (tertiary/aromatic N) is 3. The largest absolute Gasteiger partial charge is 0.433 e. The van der Waals surface area contributed by atoms with Crippen LogP contribution in [0.5, 0.6) is 0 Å². The number of alkyl halides is 3. The van der Waals surface area contributed by atoms with Crippen LogP contribution < -0.4 is 0 Å². The Kier molecular flexibility index (Phi) is 2.11. The zero-order valence-electron chi connectivity index (χ0n) is 7.51. The molecule has 0 saturated carbocycles. The molecule has 7 heteroatoms. The summed E-state index contributed by atoms with van der Waals surface area (Å²) < 4.78 is 38.4. The maximum absolute atomic E-state index is 12.6. The summed E-state index contributed by atoms with van der Waals surface area (Å²) in [5.74, 6) is 0. The lowest BCUT2D eigenvalue weighted by atomic mass is 10.3. The van der Waals surface area contributed by atoms with E-state index in [1.807, 2.05) is 0 Å². The maximum Gasteiger partial charge on any atom is 0.433 e. The first kappa shape index (κ1) is 10.2. The van der Waals surface area contributed by atoms with Crippen molar-refractivity contribution in [1.29, 1.82) is 0 Å². The number of rotatable bonds is 0. The Labute approximate surface area is 87.5 Å². The van der Waals surface area contributed by atoms with Gasteiger partial charge in [-0.1, -0.05) is 11.6 Å². The van der Waals surface area contributed by atoms with E-state index in [9.17, 15) is 13.2 Å². The van der Waals surface area contributed by atoms with Crippen LogP contribution in [0.4, 0.5) is 13.2 Å². The molecule has 2 rings (SSSR count). The van der Waals surface area contributed by atoms with Gasteiger partial charge in [0.25, 0.3) is 0 Å². The lowest BCUT2D eigenvalue weighted by Crippen LogP contribution is -2.13. The fraction of sp³-hybridized carbons (Fsp3) is 0.250. The molecule has 3 nitrogen and oxygen atoms in total. The van der Waals surface area contributed by atoms with Crippen LogP contribution in [0.25, 0.3) is 5.65 Å². The van der Waals surface area contributed by atoms with Crippen LogP contribution >= 0.6 is 11.6 Å². The minimum atomic E-state index is -4.47. The van der Waals surface area contributed by atoms with Crippen LogP contribution in [0, 0.1) is 6.92 Å². The van der Waals surface area contributed by atoms with E-state index in [4.69, 9.17) is 11.6 Å². The van der Waals surface area contributed by atoms with E-state index < -0.39 is 11.9 Å². The quantitative estimate of drug-likeness (QED) is 0.703. The highest BCUT2D eigenvalue weighted by Gasteiger charge is 2.34. The smallest absolute Gasteiger partial charge is 0.232 e. The number of hydrogen-bond acceptors (Lipinski definition) is 2. The van der Waals surface area contributed by atoms with E-state index in [1.165, 1.54) is 6.92 Å². The number of aromatic nitrogens is 3. The third kappa shape index (κ3) is 1.65. The summed E-state index contributed by atoms with van der Waals surface area (Å²) in [5.41, 5.74) is -0.613. The molecule has 0 unspecified atom stereocenters. The van der Waals surface area contributed by atoms with Crippen molar-refractivity contribution in [1.82, 2.24) is 14.6 Å². The van der Waals surface area contributed by atoms with Crippen molar-refractivity contribution < 1.29 is 13.2 Å². The molecule has 0 fully saturated rings. The van der Waals surface area contributed by atoms with Crippen molar-refractivity contribution in [2.24, 2.45) is 0 Å². The Balaban J connectivity index is 2.84. The second-order valence-electron chi connectivity index (χ2n) is 3.01. The van der Waals surface area contributed by atoms with Crippen LogP contribution in [0.2, 0.25) is 5.02 Å². The van der Waals surface area contributed by atoms with Crippen molar-refractivity contribution >= 4 is 17.2 Å². The summed E-state index contributed by atoms with van der Waals surface area (Å²) in [6, 6.07) is 0.927. The molecule has 0 aliphatic heterocycles. The fourth-order valence-electron chi connectivity index (χ4n) is 1.26. The molecule has 2 aromatic heterocycles. The molecule has 15 heavy (non-hydrogen) atoms. The van der Waals surface area contributed by atoms with Crippen molar-refractivity contribution in [3.05, 3.63) is 28.7 Å². The second-order valence-corrected chi connectivity index (χ2v) is 3.42. The Bertz CT molecular complexity index is 518. The number of halogens is 4. The standard InChI is InChI=1S/C8H5ClF3N3/c1-4-2-6(8(10,11)12)15-7(14-4)5(9)3-13-15/h2-3H,1H3. The topological polar surface area (TPSA) is 30.2 Å². The van der Waals surface area contributed by atoms with Crippen molar-refractivity contribution in [2.45, 2.75) is 13.1 Å². The van der Waals surface area contributed by atoms with Gasteiger partial charge < -0.3 is 0 Å². The van der Waals surface area contributed by atoms with Gasteiger partial charge in [-0.25, -0.2) is 9.50 Å². The van der Waals surface area contributed by atoms with Gasteiger partial charge in [0, 0.05) is 5.69 Å². The number of aryl methyl sites for hydroxylation is 1. The predicted molar refractivity (Wildman–Crippen MR) is 47.7 cm³/mol. The van der Waals surface area contributed by atoms with Gasteiger partial charge in [-0.15, -0.1) is 0 Å². The van der Waals surface area contributed by atoms with Crippen LogP contribution in [-0.2, 0) is 6.18 Å². The average Bonchev–Trinajstić information content (AvgIpc) is 2.45. The maximum atomic E-state index is 12.6. The molecule has 0 saturated heterocycles. The first-order valence-corrected chi connectivity index (χ1v) is 4.35. The number of hydrogen-bond donors (Lipinski definition) is 0. The highest BCUT2D eigenvalue weighted by molar-refractivity contribution is 6.33. The average molecular weight is 236 g/mol. The third-order valence-corrected chi connectivity index (χ3v) is 2.11. The summed E-state index contributed by atoms with van der Waals surface area (Å²) >= 11 is 5.65.